The van der Waals surface area contributed by atoms with Crippen molar-refractivity contribution >= 4 is 34.9 Å². The molecule has 0 radical (unpaired) electrons. The first-order valence-corrected chi connectivity index (χ1v) is 13.2. The van der Waals surface area contributed by atoms with Crippen LogP contribution in [0.1, 0.15) is 45.1 Å². The number of nitrogens with one attached hydrogen (secondary N) is 2. The number of amides is 2. The summed E-state index contributed by atoms with van der Waals surface area (Å²) >= 11 is 6.16. The highest BCUT2D eigenvalue weighted by Crippen LogP contribution is 2.35. The Morgan fingerprint density at radius 3 is 2.41 bits per heavy atom. The Morgan fingerprint density at radius 2 is 1.76 bits per heavy atom. The van der Waals surface area contributed by atoms with Gasteiger partial charge in [0.25, 0.3) is 5.91 Å². The first-order valence-electron chi connectivity index (χ1n) is 12.9. The van der Waals surface area contributed by atoms with E-state index in [0.29, 0.717) is 24.2 Å². The molecule has 4 rings (SSSR count). The third-order valence-electron chi connectivity index (χ3n) is 6.64. The third-order valence-corrected chi connectivity index (χ3v) is 6.93. The number of alkyl halides is 3. The van der Waals surface area contributed by atoms with Crippen molar-refractivity contribution in [2.75, 3.05) is 43.9 Å². The predicted octanol–water partition coefficient (Wildman–Crippen LogP) is 5.42. The van der Waals surface area contributed by atoms with E-state index in [1.807, 2.05) is 18.9 Å². The highest BCUT2D eigenvalue weighted by Gasteiger charge is 2.34. The van der Waals surface area contributed by atoms with Gasteiger partial charge in [-0.15, -0.1) is 0 Å². The second-order valence-electron chi connectivity index (χ2n) is 9.92. The molecule has 0 spiro atoms. The van der Waals surface area contributed by atoms with Gasteiger partial charge in [0.2, 0.25) is 5.91 Å². The third kappa shape index (κ3) is 8.07. The molecule has 2 heterocycles. The van der Waals surface area contributed by atoms with E-state index in [9.17, 15) is 22.8 Å². The van der Waals surface area contributed by atoms with E-state index < -0.39 is 17.6 Å². The normalized spacial score (nSPS) is 14.2. The number of halogens is 4. The van der Waals surface area contributed by atoms with Gasteiger partial charge in [0, 0.05) is 68.2 Å². The SMILES string of the molecule is CC(=O)Nc1ncc(C#Cc2cc(C(=O)Nc3ccc(CN4CCN(C)CC4)c(C(F)(F)F)c3)ccc2C)cc1Cl. The van der Waals surface area contributed by atoms with Gasteiger partial charge in [-0.05, 0) is 55.4 Å². The zero-order valence-electron chi connectivity index (χ0n) is 22.8. The second-order valence-corrected chi connectivity index (χ2v) is 10.3. The molecule has 0 saturated carbocycles. The van der Waals surface area contributed by atoms with Crippen LogP contribution in [0.5, 0.6) is 0 Å². The van der Waals surface area contributed by atoms with Crippen molar-refractivity contribution in [1.29, 1.82) is 0 Å². The van der Waals surface area contributed by atoms with E-state index in [1.54, 1.807) is 24.3 Å². The molecule has 1 saturated heterocycles. The molecule has 1 aliphatic rings. The molecule has 2 amide bonds. The first-order chi connectivity index (χ1) is 19.4. The van der Waals surface area contributed by atoms with Gasteiger partial charge in [0.1, 0.15) is 0 Å². The maximum atomic E-state index is 13.9. The van der Waals surface area contributed by atoms with Crippen LogP contribution in [0.25, 0.3) is 0 Å². The monoisotopic (exact) mass is 583 g/mol. The fraction of sp³-hybridized carbons (Fsp3) is 0.300. The van der Waals surface area contributed by atoms with Crippen LogP contribution in [-0.2, 0) is 17.5 Å². The molecular formula is C30H29ClF3N5O2. The van der Waals surface area contributed by atoms with Gasteiger partial charge in [-0.25, -0.2) is 4.98 Å². The number of nitrogens with zero attached hydrogens (tertiary/aromatic N) is 3. The molecule has 2 aromatic carbocycles. The van der Waals surface area contributed by atoms with Gasteiger partial charge in [0.15, 0.2) is 5.82 Å². The van der Waals surface area contributed by atoms with Gasteiger partial charge in [0.05, 0.1) is 10.6 Å². The van der Waals surface area contributed by atoms with Crippen molar-refractivity contribution < 1.29 is 22.8 Å². The van der Waals surface area contributed by atoms with Gasteiger partial charge in [-0.3, -0.25) is 14.5 Å². The summed E-state index contributed by atoms with van der Waals surface area (Å²) in [7, 11) is 1.99. The number of benzene rings is 2. The van der Waals surface area contributed by atoms with Gasteiger partial charge in [-0.2, -0.15) is 13.2 Å². The summed E-state index contributed by atoms with van der Waals surface area (Å²) in [6, 6.07) is 10.3. The molecule has 3 aromatic rings. The zero-order valence-corrected chi connectivity index (χ0v) is 23.6. The number of likely N-dealkylation sites (N-methyl/N-ethyl adjacent to an activating group) is 1. The Morgan fingerprint density at radius 1 is 1.02 bits per heavy atom. The van der Waals surface area contributed by atoms with Crippen LogP contribution in [0.2, 0.25) is 5.02 Å². The number of carbonyl (C=O) groups excluding carboxylic acids is 2. The Balaban J connectivity index is 1.51. The molecule has 41 heavy (non-hydrogen) atoms. The Hall–Kier alpha value is -3.91. The number of piperazine rings is 1. The largest absolute Gasteiger partial charge is 0.416 e. The molecule has 1 aromatic heterocycles. The van der Waals surface area contributed by atoms with Crippen molar-refractivity contribution in [3.8, 4) is 11.8 Å². The highest BCUT2D eigenvalue weighted by molar-refractivity contribution is 6.33. The molecule has 11 heteroatoms. The molecular weight excluding hydrogens is 555 g/mol. The lowest BCUT2D eigenvalue weighted by atomic mass is 10.0. The Bertz CT molecular complexity index is 1520. The lowest BCUT2D eigenvalue weighted by Crippen LogP contribution is -2.44. The molecule has 214 valence electrons. The van der Waals surface area contributed by atoms with E-state index in [4.69, 9.17) is 11.6 Å². The van der Waals surface area contributed by atoms with Crippen molar-refractivity contribution in [2.24, 2.45) is 0 Å². The lowest BCUT2D eigenvalue weighted by molar-refractivity contribution is -0.138. The Kier molecular flexibility index (Phi) is 9.33. The van der Waals surface area contributed by atoms with Crippen LogP contribution in [0.15, 0.2) is 48.7 Å². The van der Waals surface area contributed by atoms with Gasteiger partial charge >= 0.3 is 6.18 Å². The summed E-state index contributed by atoms with van der Waals surface area (Å²) in [6.45, 7) is 6.34. The van der Waals surface area contributed by atoms with Crippen molar-refractivity contribution in [3.63, 3.8) is 0 Å². The summed E-state index contributed by atoms with van der Waals surface area (Å²) in [5, 5.41) is 5.33. The minimum atomic E-state index is -4.56. The average Bonchev–Trinajstić information content (AvgIpc) is 2.91. The number of carbonyl (C=O) groups is 2. The number of aryl methyl sites for hydroxylation is 1. The zero-order chi connectivity index (χ0) is 29.7. The van der Waals surface area contributed by atoms with E-state index in [0.717, 1.165) is 24.7 Å². The summed E-state index contributed by atoms with van der Waals surface area (Å²) in [5.41, 5.74) is 1.56. The number of hydrogen-bond acceptors (Lipinski definition) is 5. The maximum absolute atomic E-state index is 13.9. The molecule has 0 aliphatic carbocycles. The van der Waals surface area contributed by atoms with E-state index >= 15 is 0 Å². The summed E-state index contributed by atoms with van der Waals surface area (Å²) in [6.07, 6.45) is -3.10. The Labute approximate surface area is 241 Å². The van der Waals surface area contributed by atoms with E-state index in [-0.39, 0.29) is 40.1 Å². The molecule has 2 N–H and O–H groups in total. The number of aromatic nitrogens is 1. The van der Waals surface area contributed by atoms with Crippen molar-refractivity contribution in [2.45, 2.75) is 26.6 Å². The van der Waals surface area contributed by atoms with Crippen LogP contribution in [0, 0.1) is 18.8 Å². The number of rotatable bonds is 5. The van der Waals surface area contributed by atoms with Crippen molar-refractivity contribution in [1.82, 2.24) is 14.8 Å². The first kappa shape index (κ1) is 30.1. The molecule has 0 bridgehead atoms. The van der Waals surface area contributed by atoms with Crippen LogP contribution in [0.3, 0.4) is 0 Å². The molecule has 7 nitrogen and oxygen atoms in total. The number of anilines is 2. The summed E-state index contributed by atoms with van der Waals surface area (Å²) < 4.78 is 41.8. The fourth-order valence-electron chi connectivity index (χ4n) is 4.31. The quantitative estimate of drug-likeness (QED) is 0.392. The molecule has 0 atom stereocenters. The maximum Gasteiger partial charge on any atom is 0.416 e. The second kappa shape index (κ2) is 12.7. The molecule has 1 aliphatic heterocycles. The van der Waals surface area contributed by atoms with Crippen LogP contribution < -0.4 is 10.6 Å². The summed E-state index contributed by atoms with van der Waals surface area (Å²) in [5.74, 6) is 5.27. The topological polar surface area (TPSA) is 77.6 Å². The average molecular weight is 584 g/mol. The van der Waals surface area contributed by atoms with Crippen molar-refractivity contribution in [3.05, 3.63) is 87.1 Å². The lowest BCUT2D eigenvalue weighted by Gasteiger charge is -2.33. The van der Waals surface area contributed by atoms with Gasteiger partial charge < -0.3 is 15.5 Å². The van der Waals surface area contributed by atoms with E-state index in [2.05, 4.69) is 32.4 Å². The highest BCUT2D eigenvalue weighted by atomic mass is 35.5. The number of hydrogen-bond donors (Lipinski definition) is 2. The standard InChI is InChI=1S/C30H29ClF3N5O2/c1-19-4-6-23(15-22(19)7-5-21-14-27(31)28(35-17-21)36-20(2)40)29(41)37-25-9-8-24(26(16-25)30(32,33)34)18-39-12-10-38(3)11-13-39/h4,6,8-9,14-17H,10-13,18H2,1-3H3,(H,37,41)(H,35,36,40). The number of pyridine rings is 1. The van der Waals surface area contributed by atoms with Gasteiger partial charge in [-0.1, -0.05) is 35.6 Å². The fourth-order valence-corrected chi connectivity index (χ4v) is 4.52. The minimum Gasteiger partial charge on any atom is -0.322 e. The smallest absolute Gasteiger partial charge is 0.322 e. The van der Waals surface area contributed by atoms with Crippen LogP contribution in [-0.4, -0.2) is 59.8 Å². The summed E-state index contributed by atoms with van der Waals surface area (Å²) in [4.78, 5) is 32.5. The molecule has 1 fully saturated rings. The van der Waals surface area contributed by atoms with Crippen LogP contribution >= 0.6 is 11.6 Å². The van der Waals surface area contributed by atoms with Crippen LogP contribution in [0.4, 0.5) is 24.7 Å². The minimum absolute atomic E-state index is 0.0534. The van der Waals surface area contributed by atoms with E-state index in [1.165, 1.54) is 25.3 Å². The predicted molar refractivity (Wildman–Crippen MR) is 153 cm³/mol. The molecule has 0 unspecified atom stereocenters.